The first-order valence-corrected chi connectivity index (χ1v) is 6.10. The minimum Gasteiger partial charge on any atom is -0.393 e. The molecule has 1 aliphatic rings. The van der Waals surface area contributed by atoms with Gasteiger partial charge in [0, 0.05) is 17.7 Å². The van der Waals surface area contributed by atoms with E-state index in [0.717, 1.165) is 25.0 Å². The van der Waals surface area contributed by atoms with Crippen LogP contribution in [0.15, 0.2) is 6.20 Å². The van der Waals surface area contributed by atoms with E-state index in [1.165, 1.54) is 6.20 Å². The van der Waals surface area contributed by atoms with Crippen molar-refractivity contribution in [3.63, 3.8) is 0 Å². The van der Waals surface area contributed by atoms with E-state index in [1.54, 1.807) is 0 Å². The van der Waals surface area contributed by atoms with Crippen molar-refractivity contribution in [2.75, 3.05) is 0 Å². The highest BCUT2D eigenvalue weighted by molar-refractivity contribution is 7.80. The van der Waals surface area contributed by atoms with Gasteiger partial charge in [0.1, 0.15) is 0 Å². The van der Waals surface area contributed by atoms with Crippen LogP contribution in [0, 0.1) is 12.8 Å². The monoisotopic (exact) mass is 252 g/mol. The van der Waals surface area contributed by atoms with Crippen LogP contribution in [0.3, 0.4) is 0 Å². The quantitative estimate of drug-likeness (QED) is 0.698. The van der Waals surface area contributed by atoms with Gasteiger partial charge in [-0.2, -0.15) is 5.10 Å². The Morgan fingerprint density at radius 2 is 2.41 bits per heavy atom. The van der Waals surface area contributed by atoms with Crippen molar-refractivity contribution in [1.29, 1.82) is 0 Å². The summed E-state index contributed by atoms with van der Waals surface area (Å²) in [5.41, 5.74) is 7.03. The van der Waals surface area contributed by atoms with E-state index in [2.05, 4.69) is 15.5 Å². The molecule has 92 valence electrons. The highest BCUT2D eigenvalue weighted by Crippen LogP contribution is 2.26. The average molecular weight is 252 g/mol. The molecule has 1 fully saturated rings. The zero-order chi connectivity index (χ0) is 12.4. The topological polar surface area (TPSA) is 83.8 Å². The maximum atomic E-state index is 12.0. The zero-order valence-electron chi connectivity index (χ0n) is 9.69. The van der Waals surface area contributed by atoms with Crippen LogP contribution >= 0.6 is 12.2 Å². The van der Waals surface area contributed by atoms with Crippen LogP contribution in [0.25, 0.3) is 0 Å². The van der Waals surface area contributed by atoms with Gasteiger partial charge < -0.3 is 11.1 Å². The number of aromatic nitrogens is 2. The lowest BCUT2D eigenvalue weighted by atomic mass is 10.0. The smallest absolute Gasteiger partial charge is 0.254 e. The second-order valence-electron chi connectivity index (χ2n) is 4.43. The highest BCUT2D eigenvalue weighted by atomic mass is 32.1. The lowest BCUT2D eigenvalue weighted by Gasteiger charge is -2.19. The molecule has 1 amide bonds. The number of carbonyl (C=O) groups excluding carboxylic acids is 1. The van der Waals surface area contributed by atoms with Gasteiger partial charge in [0.15, 0.2) is 0 Å². The fourth-order valence-corrected chi connectivity index (χ4v) is 2.58. The summed E-state index contributed by atoms with van der Waals surface area (Å²) in [5.74, 6) is 0.0190. The third-order valence-electron chi connectivity index (χ3n) is 3.27. The second kappa shape index (κ2) is 4.83. The number of nitrogens with zero attached hydrogens (tertiary/aromatic N) is 1. The van der Waals surface area contributed by atoms with Gasteiger partial charge in [-0.15, -0.1) is 0 Å². The van der Waals surface area contributed by atoms with Crippen molar-refractivity contribution in [2.24, 2.45) is 11.7 Å². The van der Waals surface area contributed by atoms with Crippen molar-refractivity contribution in [3.05, 3.63) is 17.5 Å². The van der Waals surface area contributed by atoms with Gasteiger partial charge in [-0.1, -0.05) is 18.6 Å². The van der Waals surface area contributed by atoms with E-state index >= 15 is 0 Å². The molecule has 6 heteroatoms. The molecule has 2 rings (SSSR count). The fraction of sp³-hybridized carbons (Fsp3) is 0.545. The van der Waals surface area contributed by atoms with Crippen molar-refractivity contribution >= 4 is 23.1 Å². The van der Waals surface area contributed by atoms with Gasteiger partial charge in [-0.25, -0.2) is 0 Å². The molecule has 0 saturated heterocycles. The molecule has 1 aliphatic carbocycles. The SMILES string of the molecule is Cc1[nH]ncc1C(=O)NC1CCCC1C(N)=S. The summed E-state index contributed by atoms with van der Waals surface area (Å²) in [4.78, 5) is 12.5. The number of rotatable bonds is 3. The Morgan fingerprint density at radius 1 is 1.65 bits per heavy atom. The molecule has 2 atom stereocenters. The first-order valence-electron chi connectivity index (χ1n) is 5.69. The Labute approximate surface area is 105 Å². The maximum Gasteiger partial charge on any atom is 0.254 e. The van der Waals surface area contributed by atoms with Gasteiger partial charge in [0.05, 0.1) is 16.7 Å². The first kappa shape index (κ1) is 12.0. The van der Waals surface area contributed by atoms with Gasteiger partial charge in [0.25, 0.3) is 5.91 Å². The molecule has 0 radical (unpaired) electrons. The van der Waals surface area contributed by atoms with Gasteiger partial charge in [-0.05, 0) is 19.8 Å². The molecule has 4 N–H and O–H groups in total. The van der Waals surface area contributed by atoms with E-state index in [9.17, 15) is 4.79 Å². The van der Waals surface area contributed by atoms with E-state index in [1.807, 2.05) is 6.92 Å². The summed E-state index contributed by atoms with van der Waals surface area (Å²) in [7, 11) is 0. The first-order chi connectivity index (χ1) is 8.09. The van der Waals surface area contributed by atoms with E-state index in [0.29, 0.717) is 10.6 Å². The number of hydrogen-bond donors (Lipinski definition) is 3. The Balaban J connectivity index is 2.04. The van der Waals surface area contributed by atoms with Crippen molar-refractivity contribution in [3.8, 4) is 0 Å². The van der Waals surface area contributed by atoms with E-state index in [4.69, 9.17) is 18.0 Å². The summed E-state index contributed by atoms with van der Waals surface area (Å²) in [5, 5.41) is 9.57. The molecule has 1 aromatic rings. The normalized spacial score (nSPS) is 23.6. The van der Waals surface area contributed by atoms with E-state index in [-0.39, 0.29) is 17.9 Å². The van der Waals surface area contributed by atoms with E-state index < -0.39 is 0 Å². The number of nitrogens with two attached hydrogens (primary N) is 1. The van der Waals surface area contributed by atoms with Crippen LogP contribution in [0.5, 0.6) is 0 Å². The Kier molecular flexibility index (Phi) is 3.42. The molecular formula is C11H16N4OS. The number of hydrogen-bond acceptors (Lipinski definition) is 3. The van der Waals surface area contributed by atoms with Crippen LogP contribution in [0.2, 0.25) is 0 Å². The summed E-state index contributed by atoms with van der Waals surface area (Å²) in [6.07, 6.45) is 4.49. The molecule has 5 nitrogen and oxygen atoms in total. The third-order valence-corrected chi connectivity index (χ3v) is 3.58. The van der Waals surface area contributed by atoms with Crippen LogP contribution < -0.4 is 11.1 Å². The minimum atomic E-state index is -0.107. The Bertz CT molecular complexity index is 442. The molecule has 1 heterocycles. The Morgan fingerprint density at radius 3 is 3.00 bits per heavy atom. The molecule has 1 saturated carbocycles. The molecular weight excluding hydrogens is 236 g/mol. The fourth-order valence-electron chi connectivity index (χ4n) is 2.30. The van der Waals surface area contributed by atoms with Crippen LogP contribution in [-0.2, 0) is 0 Å². The molecule has 0 aliphatic heterocycles. The van der Waals surface area contributed by atoms with Crippen LogP contribution in [0.4, 0.5) is 0 Å². The largest absolute Gasteiger partial charge is 0.393 e. The number of aromatic amines is 1. The number of carbonyl (C=O) groups is 1. The predicted molar refractivity (Wildman–Crippen MR) is 68.7 cm³/mol. The second-order valence-corrected chi connectivity index (χ2v) is 4.90. The predicted octanol–water partition coefficient (Wildman–Crippen LogP) is 0.903. The molecule has 1 aromatic heterocycles. The van der Waals surface area contributed by atoms with Crippen LogP contribution in [-0.4, -0.2) is 27.1 Å². The molecule has 17 heavy (non-hydrogen) atoms. The molecule has 0 bridgehead atoms. The number of thiocarbonyl (C=S) groups is 1. The van der Waals surface area contributed by atoms with Gasteiger partial charge in [0.2, 0.25) is 0 Å². The maximum absolute atomic E-state index is 12.0. The number of H-pyrrole nitrogens is 1. The highest BCUT2D eigenvalue weighted by Gasteiger charge is 2.31. The summed E-state index contributed by atoms with van der Waals surface area (Å²) < 4.78 is 0. The van der Waals surface area contributed by atoms with Gasteiger partial charge >= 0.3 is 0 Å². The summed E-state index contributed by atoms with van der Waals surface area (Å²) in [6.45, 7) is 1.82. The zero-order valence-corrected chi connectivity index (χ0v) is 10.5. The summed E-state index contributed by atoms with van der Waals surface area (Å²) in [6, 6.07) is 0.0642. The lowest BCUT2D eigenvalue weighted by Crippen LogP contribution is -2.41. The molecule has 0 spiro atoms. The van der Waals surface area contributed by atoms with Crippen LogP contribution in [0.1, 0.15) is 35.3 Å². The van der Waals surface area contributed by atoms with Crippen molar-refractivity contribution in [2.45, 2.75) is 32.2 Å². The molecule has 0 aromatic carbocycles. The number of aryl methyl sites for hydroxylation is 1. The Hall–Kier alpha value is -1.43. The average Bonchev–Trinajstić information content (AvgIpc) is 2.86. The lowest BCUT2D eigenvalue weighted by molar-refractivity contribution is 0.0933. The number of amides is 1. The third kappa shape index (κ3) is 2.46. The molecule has 2 unspecified atom stereocenters. The summed E-state index contributed by atoms with van der Waals surface area (Å²) >= 11 is 5.02. The standard InChI is InChI=1S/C11H16N4OS/c1-6-8(5-13-15-6)11(16)14-9-4-2-3-7(9)10(12)17/h5,7,9H,2-4H2,1H3,(H2,12,17)(H,13,15)(H,14,16). The van der Waals surface area contributed by atoms with Crippen molar-refractivity contribution < 1.29 is 4.79 Å². The number of nitrogens with one attached hydrogen (secondary N) is 2. The minimum absolute atomic E-state index is 0.0642. The van der Waals surface area contributed by atoms with Gasteiger partial charge in [-0.3, -0.25) is 9.89 Å². The van der Waals surface area contributed by atoms with Crippen molar-refractivity contribution in [1.82, 2.24) is 15.5 Å².